The maximum absolute atomic E-state index is 12.7. The maximum Gasteiger partial charge on any atom is 0.337 e. The first-order chi connectivity index (χ1) is 14.0. The summed E-state index contributed by atoms with van der Waals surface area (Å²) in [7, 11) is 0. The smallest absolute Gasteiger partial charge is 0.337 e. The van der Waals surface area contributed by atoms with Gasteiger partial charge in [0, 0.05) is 5.56 Å². The first kappa shape index (κ1) is 19.5. The second kappa shape index (κ2) is 8.59. The van der Waals surface area contributed by atoms with Crippen molar-refractivity contribution in [2.45, 2.75) is 6.04 Å². The van der Waals surface area contributed by atoms with Crippen LogP contribution in [-0.2, 0) is 0 Å². The van der Waals surface area contributed by atoms with Gasteiger partial charge in [-0.2, -0.15) is 5.26 Å². The number of nitrogens with one attached hydrogen (secondary N) is 1. The summed E-state index contributed by atoms with van der Waals surface area (Å²) in [6.07, 6.45) is 0. The molecule has 0 saturated heterocycles. The lowest BCUT2D eigenvalue weighted by Crippen LogP contribution is -2.15. The van der Waals surface area contributed by atoms with E-state index in [0.29, 0.717) is 11.1 Å². The van der Waals surface area contributed by atoms with E-state index < -0.39 is 17.9 Å². The quantitative estimate of drug-likeness (QED) is 0.611. The van der Waals surface area contributed by atoms with E-state index in [0.717, 1.165) is 0 Å². The van der Waals surface area contributed by atoms with Crippen molar-refractivity contribution in [1.82, 2.24) is 0 Å². The molecule has 0 spiro atoms. The van der Waals surface area contributed by atoms with Crippen LogP contribution < -0.4 is 5.32 Å². The molecule has 1 atom stereocenters. The van der Waals surface area contributed by atoms with Gasteiger partial charge in [-0.3, -0.25) is 4.79 Å². The number of carboxylic acids is 1. The number of carbonyl (C=O) groups is 2. The minimum Gasteiger partial charge on any atom is -0.478 e. The van der Waals surface area contributed by atoms with Crippen molar-refractivity contribution in [2.75, 3.05) is 5.32 Å². The molecule has 0 aliphatic carbocycles. The first-order valence-electron chi connectivity index (χ1n) is 8.59. The van der Waals surface area contributed by atoms with Crippen LogP contribution in [0.25, 0.3) is 0 Å². The van der Waals surface area contributed by atoms with Crippen molar-refractivity contribution in [3.8, 4) is 6.07 Å². The fraction of sp³-hybridized carbons (Fsp3) is 0.0455. The third kappa shape index (κ3) is 4.34. The first-order valence-corrected chi connectivity index (χ1v) is 8.59. The lowest BCUT2D eigenvalue weighted by Gasteiger charge is -2.12. The zero-order chi connectivity index (χ0) is 20.8. The van der Waals surface area contributed by atoms with Crippen LogP contribution in [0.1, 0.15) is 43.4 Å². The van der Waals surface area contributed by atoms with Gasteiger partial charge in [-0.1, -0.05) is 47.6 Å². The third-order valence-corrected chi connectivity index (χ3v) is 4.31. The molecular weight excluding hydrogens is 370 g/mol. The molecule has 1 unspecified atom stereocenters. The van der Waals surface area contributed by atoms with E-state index in [-0.39, 0.29) is 22.4 Å². The van der Waals surface area contributed by atoms with Crippen LogP contribution in [0.3, 0.4) is 0 Å². The molecule has 3 aromatic carbocycles. The van der Waals surface area contributed by atoms with Crippen LogP contribution in [0.15, 0.2) is 78.0 Å². The van der Waals surface area contributed by atoms with Crippen molar-refractivity contribution in [3.05, 3.63) is 106 Å². The molecule has 0 aliphatic heterocycles. The van der Waals surface area contributed by atoms with Gasteiger partial charge in [0.2, 0.25) is 0 Å². The minimum atomic E-state index is -1.26. The number of nitrogens with zero attached hydrogens (tertiary/aromatic N) is 2. The molecule has 3 aromatic rings. The van der Waals surface area contributed by atoms with Crippen molar-refractivity contribution >= 4 is 17.6 Å². The summed E-state index contributed by atoms with van der Waals surface area (Å²) < 4.78 is 0. The average molecular weight is 385 g/mol. The molecule has 7 nitrogen and oxygen atoms in total. The number of carboxylic acid groups (broad SMARTS) is 1. The van der Waals surface area contributed by atoms with E-state index in [1.165, 1.54) is 18.2 Å². The molecule has 2 N–H and O–H groups in total. The Morgan fingerprint density at radius 1 is 0.966 bits per heavy atom. The zero-order valence-electron chi connectivity index (χ0n) is 15.1. The number of benzene rings is 3. The average Bonchev–Trinajstić information content (AvgIpc) is 2.75. The van der Waals surface area contributed by atoms with Crippen LogP contribution >= 0.6 is 0 Å². The molecule has 0 heterocycles. The SMILES string of the molecule is N#Cc1ccc(NC(=O)c2cccc(C(N=O)c3ccccc3)c2)c(C(=O)O)c1. The maximum atomic E-state index is 12.7. The predicted molar refractivity (Wildman–Crippen MR) is 107 cm³/mol. The number of nitroso groups, excluding NO2 is 1. The number of hydrogen-bond donors (Lipinski definition) is 2. The van der Waals surface area contributed by atoms with E-state index in [4.69, 9.17) is 5.26 Å². The highest BCUT2D eigenvalue weighted by molar-refractivity contribution is 6.08. The fourth-order valence-electron chi connectivity index (χ4n) is 2.89. The highest BCUT2D eigenvalue weighted by Crippen LogP contribution is 2.27. The predicted octanol–water partition coefficient (Wildman–Crippen LogP) is 4.36. The summed E-state index contributed by atoms with van der Waals surface area (Å²) in [5.41, 5.74) is 1.53. The van der Waals surface area contributed by atoms with Crippen LogP contribution in [0.4, 0.5) is 5.69 Å². The lowest BCUT2D eigenvalue weighted by molar-refractivity contribution is 0.0698. The van der Waals surface area contributed by atoms with Gasteiger partial charge in [-0.05, 0) is 41.5 Å². The van der Waals surface area contributed by atoms with E-state index in [9.17, 15) is 19.6 Å². The van der Waals surface area contributed by atoms with Gasteiger partial charge in [0.05, 0.1) is 22.9 Å². The Bertz CT molecular complexity index is 1120. The Hall–Kier alpha value is -4.31. The molecule has 0 fully saturated rings. The largest absolute Gasteiger partial charge is 0.478 e. The van der Waals surface area contributed by atoms with Crippen molar-refractivity contribution in [3.63, 3.8) is 0 Å². The number of aromatic carboxylic acids is 1. The Labute approximate surface area is 166 Å². The number of rotatable bonds is 6. The molecule has 0 saturated carbocycles. The Morgan fingerprint density at radius 3 is 2.34 bits per heavy atom. The number of carbonyl (C=O) groups excluding carboxylic acids is 1. The van der Waals surface area contributed by atoms with Gasteiger partial charge < -0.3 is 10.4 Å². The molecule has 0 bridgehead atoms. The monoisotopic (exact) mass is 385 g/mol. The van der Waals surface area contributed by atoms with E-state index >= 15 is 0 Å². The highest BCUT2D eigenvalue weighted by Gasteiger charge is 2.18. The molecular formula is C22H15N3O4. The molecule has 0 radical (unpaired) electrons. The molecule has 142 valence electrons. The van der Waals surface area contributed by atoms with E-state index in [2.05, 4.69) is 10.5 Å². The van der Waals surface area contributed by atoms with Gasteiger partial charge in [-0.15, -0.1) is 4.91 Å². The Kier molecular flexibility index (Phi) is 5.76. The summed E-state index contributed by atoms with van der Waals surface area (Å²) in [5.74, 6) is -1.81. The number of amides is 1. The third-order valence-electron chi connectivity index (χ3n) is 4.31. The fourth-order valence-corrected chi connectivity index (χ4v) is 2.89. The molecule has 1 amide bonds. The second-order valence-electron chi connectivity index (χ2n) is 6.18. The molecule has 3 rings (SSSR count). The van der Waals surface area contributed by atoms with E-state index in [1.54, 1.807) is 48.5 Å². The van der Waals surface area contributed by atoms with Crippen molar-refractivity contribution in [2.24, 2.45) is 5.18 Å². The lowest BCUT2D eigenvalue weighted by atomic mass is 9.97. The number of hydrogen-bond acceptors (Lipinski definition) is 5. The van der Waals surface area contributed by atoms with Gasteiger partial charge in [0.1, 0.15) is 6.04 Å². The van der Waals surface area contributed by atoms with E-state index in [1.807, 2.05) is 12.1 Å². The van der Waals surface area contributed by atoms with Gasteiger partial charge >= 0.3 is 5.97 Å². The van der Waals surface area contributed by atoms with Crippen LogP contribution in [0, 0.1) is 16.2 Å². The van der Waals surface area contributed by atoms with Crippen molar-refractivity contribution in [1.29, 1.82) is 5.26 Å². The molecule has 29 heavy (non-hydrogen) atoms. The van der Waals surface area contributed by atoms with Gasteiger partial charge in [0.25, 0.3) is 5.91 Å². The van der Waals surface area contributed by atoms with Crippen LogP contribution in [0.2, 0.25) is 0 Å². The normalized spacial score (nSPS) is 11.1. The minimum absolute atomic E-state index is 0.0695. The van der Waals surface area contributed by atoms with Gasteiger partial charge in [-0.25, -0.2) is 4.79 Å². The molecule has 0 aliphatic rings. The Balaban J connectivity index is 1.90. The summed E-state index contributed by atoms with van der Waals surface area (Å²) in [4.78, 5) is 35.5. The summed E-state index contributed by atoms with van der Waals surface area (Å²) >= 11 is 0. The summed E-state index contributed by atoms with van der Waals surface area (Å²) in [5, 5.41) is 24.0. The summed E-state index contributed by atoms with van der Waals surface area (Å²) in [6, 6.07) is 20.4. The summed E-state index contributed by atoms with van der Waals surface area (Å²) in [6.45, 7) is 0. The van der Waals surface area contributed by atoms with Crippen molar-refractivity contribution < 1.29 is 14.7 Å². The topological polar surface area (TPSA) is 120 Å². The highest BCUT2D eigenvalue weighted by atomic mass is 16.4. The molecule has 0 aromatic heterocycles. The Morgan fingerprint density at radius 2 is 1.69 bits per heavy atom. The van der Waals surface area contributed by atoms with Crippen LogP contribution in [0.5, 0.6) is 0 Å². The molecule has 7 heteroatoms. The standard InChI is InChI=1S/C22H15N3O4/c23-13-14-9-10-19(18(11-14)22(27)28)24-21(26)17-8-4-7-16(12-17)20(25-29)15-5-2-1-3-6-15/h1-12,20H,(H,24,26)(H,27,28). The second-order valence-corrected chi connectivity index (χ2v) is 6.18. The number of nitriles is 1. The van der Waals surface area contributed by atoms with Gasteiger partial charge in [0.15, 0.2) is 0 Å². The van der Waals surface area contributed by atoms with Crippen LogP contribution in [-0.4, -0.2) is 17.0 Å². The zero-order valence-corrected chi connectivity index (χ0v) is 15.1. The number of anilines is 1.